The molecular weight excluding hydrogens is 218 g/mol. The molecule has 1 aromatic rings. The third kappa shape index (κ3) is 3.30. The number of hydrogen-bond acceptors (Lipinski definition) is 3. The van der Waals surface area contributed by atoms with Crippen LogP contribution in [0.5, 0.6) is 0 Å². The number of rotatable bonds is 4. The van der Waals surface area contributed by atoms with E-state index in [1.807, 2.05) is 11.3 Å². The Labute approximate surface area is 102 Å². The fourth-order valence-electron chi connectivity index (χ4n) is 2.15. The van der Waals surface area contributed by atoms with E-state index in [2.05, 4.69) is 19.1 Å². The van der Waals surface area contributed by atoms with Gasteiger partial charge < -0.3 is 10.5 Å². The predicted molar refractivity (Wildman–Crippen MR) is 68.7 cm³/mol. The maximum absolute atomic E-state index is 5.93. The lowest BCUT2D eigenvalue weighted by Gasteiger charge is -2.25. The van der Waals surface area contributed by atoms with Crippen LogP contribution in [0, 0.1) is 0 Å². The topological polar surface area (TPSA) is 35.2 Å². The Kier molecular flexibility index (Phi) is 4.38. The van der Waals surface area contributed by atoms with Crippen LogP contribution in [0.3, 0.4) is 0 Å². The number of nitrogens with two attached hydrogens (primary N) is 1. The van der Waals surface area contributed by atoms with Crippen molar-refractivity contribution in [1.82, 2.24) is 0 Å². The molecule has 1 fully saturated rings. The molecule has 16 heavy (non-hydrogen) atoms. The summed E-state index contributed by atoms with van der Waals surface area (Å²) < 4.78 is 5.93. The van der Waals surface area contributed by atoms with Crippen molar-refractivity contribution in [2.75, 3.05) is 0 Å². The van der Waals surface area contributed by atoms with Gasteiger partial charge in [-0.25, -0.2) is 0 Å². The minimum Gasteiger partial charge on any atom is -0.373 e. The quantitative estimate of drug-likeness (QED) is 0.876. The Morgan fingerprint density at radius 2 is 1.94 bits per heavy atom. The number of thiophene rings is 1. The summed E-state index contributed by atoms with van der Waals surface area (Å²) in [6, 6.07) is 4.81. The lowest BCUT2D eigenvalue weighted by molar-refractivity contribution is 0.0151. The molecule has 0 saturated heterocycles. The highest BCUT2D eigenvalue weighted by Crippen LogP contribution is 2.23. The van der Waals surface area contributed by atoms with Crippen molar-refractivity contribution >= 4 is 11.3 Å². The molecule has 1 saturated carbocycles. The Hall–Kier alpha value is -0.380. The monoisotopic (exact) mass is 239 g/mol. The lowest BCUT2D eigenvalue weighted by Crippen LogP contribution is -2.30. The zero-order valence-electron chi connectivity index (χ0n) is 9.95. The first-order valence-corrected chi connectivity index (χ1v) is 7.04. The highest BCUT2D eigenvalue weighted by atomic mass is 32.1. The number of aryl methyl sites for hydroxylation is 1. The van der Waals surface area contributed by atoms with Crippen LogP contribution in [-0.4, -0.2) is 12.1 Å². The number of hydrogen-bond donors (Lipinski definition) is 1. The molecule has 1 heterocycles. The SMILES string of the molecule is CCc1ccc(COC2CCC(N)CC2)s1. The van der Waals surface area contributed by atoms with Crippen molar-refractivity contribution in [2.24, 2.45) is 5.73 Å². The van der Waals surface area contributed by atoms with E-state index in [1.165, 1.54) is 9.75 Å². The van der Waals surface area contributed by atoms with Crippen molar-refractivity contribution in [1.29, 1.82) is 0 Å². The first-order chi connectivity index (χ1) is 7.78. The summed E-state index contributed by atoms with van der Waals surface area (Å²) in [6.07, 6.45) is 6.07. The smallest absolute Gasteiger partial charge is 0.0813 e. The van der Waals surface area contributed by atoms with Gasteiger partial charge in [0, 0.05) is 15.8 Å². The first-order valence-electron chi connectivity index (χ1n) is 6.22. The second-order valence-electron chi connectivity index (χ2n) is 4.57. The fraction of sp³-hybridized carbons (Fsp3) is 0.692. The Balaban J connectivity index is 1.74. The second kappa shape index (κ2) is 5.80. The van der Waals surface area contributed by atoms with Crippen molar-refractivity contribution in [3.8, 4) is 0 Å². The normalized spacial score (nSPS) is 25.9. The molecule has 2 rings (SSSR count). The Morgan fingerprint density at radius 1 is 1.25 bits per heavy atom. The Bertz CT molecular complexity index is 315. The standard InChI is InChI=1S/C13H21NOS/c1-2-12-7-8-13(16-12)9-15-11-5-3-10(14)4-6-11/h7-8,10-11H,2-6,9,14H2,1H3. The van der Waals surface area contributed by atoms with E-state index in [-0.39, 0.29) is 0 Å². The van der Waals surface area contributed by atoms with Crippen molar-refractivity contribution in [2.45, 2.75) is 57.8 Å². The predicted octanol–water partition coefficient (Wildman–Crippen LogP) is 3.10. The molecule has 0 aliphatic heterocycles. The van der Waals surface area contributed by atoms with E-state index in [1.54, 1.807) is 0 Å². The van der Waals surface area contributed by atoms with Gasteiger partial charge in [-0.05, 0) is 44.2 Å². The molecule has 0 unspecified atom stereocenters. The van der Waals surface area contributed by atoms with E-state index in [0.717, 1.165) is 38.7 Å². The highest BCUT2D eigenvalue weighted by molar-refractivity contribution is 7.11. The first kappa shape index (κ1) is 12.1. The number of ether oxygens (including phenoxy) is 1. The zero-order valence-corrected chi connectivity index (χ0v) is 10.8. The van der Waals surface area contributed by atoms with Gasteiger partial charge in [0.2, 0.25) is 0 Å². The zero-order chi connectivity index (χ0) is 11.4. The van der Waals surface area contributed by atoms with E-state index in [9.17, 15) is 0 Å². The molecular formula is C13H21NOS. The highest BCUT2D eigenvalue weighted by Gasteiger charge is 2.18. The van der Waals surface area contributed by atoms with Gasteiger partial charge in [0.25, 0.3) is 0 Å². The maximum atomic E-state index is 5.93. The van der Waals surface area contributed by atoms with Crippen LogP contribution in [0.4, 0.5) is 0 Å². The molecule has 1 aliphatic rings. The summed E-state index contributed by atoms with van der Waals surface area (Å²) in [4.78, 5) is 2.80. The molecule has 1 aromatic heterocycles. The second-order valence-corrected chi connectivity index (χ2v) is 5.82. The average molecular weight is 239 g/mol. The van der Waals surface area contributed by atoms with Gasteiger partial charge in [0.1, 0.15) is 0 Å². The van der Waals surface area contributed by atoms with E-state index in [0.29, 0.717) is 12.1 Å². The average Bonchev–Trinajstić information content (AvgIpc) is 2.76. The van der Waals surface area contributed by atoms with Gasteiger partial charge in [0.05, 0.1) is 12.7 Å². The summed E-state index contributed by atoms with van der Waals surface area (Å²) in [5, 5.41) is 0. The molecule has 2 nitrogen and oxygen atoms in total. The summed E-state index contributed by atoms with van der Waals surface area (Å²) in [7, 11) is 0. The van der Waals surface area contributed by atoms with Gasteiger partial charge in [0.15, 0.2) is 0 Å². The van der Waals surface area contributed by atoms with E-state index >= 15 is 0 Å². The Morgan fingerprint density at radius 3 is 2.56 bits per heavy atom. The molecule has 0 atom stereocenters. The van der Waals surface area contributed by atoms with Crippen LogP contribution >= 0.6 is 11.3 Å². The molecule has 2 N–H and O–H groups in total. The molecule has 3 heteroatoms. The van der Waals surface area contributed by atoms with Gasteiger partial charge in [-0.1, -0.05) is 6.92 Å². The molecule has 0 bridgehead atoms. The van der Waals surface area contributed by atoms with E-state index < -0.39 is 0 Å². The maximum Gasteiger partial charge on any atom is 0.0813 e. The lowest BCUT2D eigenvalue weighted by atomic mass is 9.94. The molecule has 90 valence electrons. The molecule has 1 aliphatic carbocycles. The van der Waals surface area contributed by atoms with Crippen LogP contribution in [0.2, 0.25) is 0 Å². The van der Waals surface area contributed by atoms with Crippen LogP contribution in [0.25, 0.3) is 0 Å². The van der Waals surface area contributed by atoms with Crippen molar-refractivity contribution in [3.63, 3.8) is 0 Å². The van der Waals surface area contributed by atoms with Crippen LogP contribution in [0.1, 0.15) is 42.4 Å². The van der Waals surface area contributed by atoms with Crippen molar-refractivity contribution in [3.05, 3.63) is 21.9 Å². The summed E-state index contributed by atoms with van der Waals surface area (Å²) >= 11 is 1.87. The van der Waals surface area contributed by atoms with Gasteiger partial charge in [-0.3, -0.25) is 0 Å². The van der Waals surface area contributed by atoms with Crippen LogP contribution < -0.4 is 5.73 Å². The fourth-order valence-corrected chi connectivity index (χ4v) is 3.03. The van der Waals surface area contributed by atoms with Gasteiger partial charge >= 0.3 is 0 Å². The summed E-state index contributed by atoms with van der Waals surface area (Å²) in [5.74, 6) is 0. The molecule has 0 radical (unpaired) electrons. The third-order valence-corrected chi connectivity index (χ3v) is 4.45. The van der Waals surface area contributed by atoms with E-state index in [4.69, 9.17) is 10.5 Å². The largest absolute Gasteiger partial charge is 0.373 e. The molecule has 0 spiro atoms. The van der Waals surface area contributed by atoms with Crippen molar-refractivity contribution < 1.29 is 4.74 Å². The van der Waals surface area contributed by atoms with Crippen LogP contribution in [-0.2, 0) is 17.8 Å². The van der Waals surface area contributed by atoms with Gasteiger partial charge in [-0.15, -0.1) is 11.3 Å². The molecule has 0 amide bonds. The minimum atomic E-state index is 0.410. The third-order valence-electron chi connectivity index (χ3n) is 3.25. The van der Waals surface area contributed by atoms with Gasteiger partial charge in [-0.2, -0.15) is 0 Å². The summed E-state index contributed by atoms with van der Waals surface area (Å²) in [5.41, 5.74) is 5.87. The summed E-state index contributed by atoms with van der Waals surface area (Å²) in [6.45, 7) is 2.98. The minimum absolute atomic E-state index is 0.410. The van der Waals surface area contributed by atoms with Crippen LogP contribution in [0.15, 0.2) is 12.1 Å². The molecule has 0 aromatic carbocycles.